The Morgan fingerprint density at radius 2 is 2.14 bits per heavy atom. The number of nitrogen functional groups attached to an aromatic ring is 1. The molecule has 1 aliphatic rings. The van der Waals surface area contributed by atoms with Crippen LogP contribution in [0.2, 0.25) is 0 Å². The lowest BCUT2D eigenvalue weighted by molar-refractivity contribution is -0.121. The average molecular weight is 437 g/mol. The third kappa shape index (κ3) is 6.32. The van der Waals surface area contributed by atoms with Gasteiger partial charge >= 0.3 is 0 Å². The number of ether oxygens (including phenoxy) is 1. The van der Waals surface area contributed by atoms with Crippen LogP contribution in [0.1, 0.15) is 22.3 Å². The molecule has 0 aliphatic carbocycles. The predicted octanol–water partition coefficient (Wildman–Crippen LogP) is 1.42. The molecule has 0 saturated carbocycles. The van der Waals surface area contributed by atoms with Gasteiger partial charge in [0.1, 0.15) is 0 Å². The summed E-state index contributed by atoms with van der Waals surface area (Å²) in [5.74, 6) is -0.402. The van der Waals surface area contributed by atoms with E-state index in [0.717, 1.165) is 49.7 Å². The van der Waals surface area contributed by atoms with Crippen LogP contribution < -0.4 is 16.4 Å². The number of aromatic nitrogens is 2. The number of aromatic amines is 1. The number of anilines is 2. The van der Waals surface area contributed by atoms with Crippen molar-refractivity contribution >= 4 is 46.2 Å². The normalized spacial score (nSPS) is 14.5. The zero-order valence-electron chi connectivity index (χ0n) is 15.9. The first-order chi connectivity index (χ1) is 14.0. The molecule has 3 rings (SSSR count). The smallest absolute Gasteiger partial charge is 0.259 e. The lowest BCUT2D eigenvalue weighted by Gasteiger charge is -2.26. The Morgan fingerprint density at radius 1 is 1.34 bits per heavy atom. The minimum Gasteiger partial charge on any atom is -0.398 e. The Hall–Kier alpha value is -2.34. The first kappa shape index (κ1) is 21.4. The number of aryl methyl sites for hydroxylation is 1. The fourth-order valence-electron chi connectivity index (χ4n) is 2.99. The Bertz CT molecular complexity index is 907. The average Bonchev–Trinajstić information content (AvgIpc) is 3.12. The number of nitrogens with zero attached hydrogens (tertiary/aromatic N) is 2. The molecule has 5 N–H and O–H groups in total. The van der Waals surface area contributed by atoms with E-state index in [1.54, 1.807) is 12.1 Å². The summed E-state index contributed by atoms with van der Waals surface area (Å²) in [6.45, 7) is 4.69. The Balaban J connectivity index is 1.49. The van der Waals surface area contributed by atoms with Crippen LogP contribution in [0.5, 0.6) is 0 Å². The van der Waals surface area contributed by atoms with Gasteiger partial charge in [0.15, 0.2) is 3.95 Å². The molecule has 0 radical (unpaired) electrons. The second-order valence-electron chi connectivity index (χ2n) is 6.55. The third-order valence-electron chi connectivity index (χ3n) is 4.57. The fourth-order valence-corrected chi connectivity index (χ4v) is 3.78. The molecule has 0 unspecified atom stereocenters. The van der Waals surface area contributed by atoms with Gasteiger partial charge in [-0.3, -0.25) is 24.9 Å². The second kappa shape index (κ2) is 10.4. The maximum Gasteiger partial charge on any atom is 0.259 e. The van der Waals surface area contributed by atoms with Crippen LogP contribution >= 0.6 is 23.6 Å². The number of rotatable bonds is 8. The lowest BCUT2D eigenvalue weighted by Crippen LogP contribution is -2.41. The van der Waals surface area contributed by atoms with Crippen molar-refractivity contribution in [2.45, 2.75) is 12.8 Å². The van der Waals surface area contributed by atoms with Gasteiger partial charge in [-0.05, 0) is 30.3 Å². The number of hydrogen-bond donors (Lipinski definition) is 4. The van der Waals surface area contributed by atoms with E-state index >= 15 is 0 Å². The molecule has 1 aromatic carbocycles. The molecule has 1 aromatic heterocycles. The van der Waals surface area contributed by atoms with Crippen molar-refractivity contribution in [1.29, 1.82) is 0 Å². The number of carbonyl (C=O) groups excluding carboxylic acids is 2. The summed E-state index contributed by atoms with van der Waals surface area (Å²) < 4.78 is 5.78. The number of carbonyl (C=O) groups is 2. The Morgan fingerprint density at radius 3 is 2.86 bits per heavy atom. The van der Waals surface area contributed by atoms with E-state index in [1.807, 2.05) is 6.07 Å². The van der Waals surface area contributed by atoms with Crippen LogP contribution in [-0.2, 0) is 16.0 Å². The summed E-state index contributed by atoms with van der Waals surface area (Å²) >= 11 is 6.12. The van der Waals surface area contributed by atoms with Crippen LogP contribution in [-0.4, -0.2) is 66.3 Å². The van der Waals surface area contributed by atoms with Crippen LogP contribution in [0, 0.1) is 3.95 Å². The van der Waals surface area contributed by atoms with Gasteiger partial charge in [-0.15, -0.1) is 5.10 Å². The number of nitrogens with one attached hydrogen (secondary N) is 3. The summed E-state index contributed by atoms with van der Waals surface area (Å²) in [7, 11) is 0. The minimum atomic E-state index is -0.364. The molecule has 1 aliphatic heterocycles. The molecule has 0 spiro atoms. The van der Waals surface area contributed by atoms with E-state index < -0.39 is 0 Å². The van der Waals surface area contributed by atoms with Crippen molar-refractivity contribution < 1.29 is 14.3 Å². The highest BCUT2D eigenvalue weighted by molar-refractivity contribution is 7.73. The number of morpholine rings is 1. The summed E-state index contributed by atoms with van der Waals surface area (Å²) in [6.07, 6.45) is 0.761. The van der Waals surface area contributed by atoms with E-state index in [9.17, 15) is 9.59 Å². The van der Waals surface area contributed by atoms with Crippen molar-refractivity contribution in [3.8, 4) is 0 Å². The molecule has 0 atom stereocenters. The van der Waals surface area contributed by atoms with Crippen molar-refractivity contribution in [2.75, 3.05) is 50.4 Å². The summed E-state index contributed by atoms with van der Waals surface area (Å²) in [5, 5.41) is 12.5. The van der Waals surface area contributed by atoms with E-state index in [1.165, 1.54) is 0 Å². The van der Waals surface area contributed by atoms with Gasteiger partial charge in [0, 0.05) is 38.3 Å². The molecular weight excluding hydrogens is 412 g/mol. The van der Waals surface area contributed by atoms with Crippen molar-refractivity contribution in [3.05, 3.63) is 33.3 Å². The molecule has 9 nitrogen and oxygen atoms in total. The first-order valence-corrected chi connectivity index (χ1v) is 10.6. The largest absolute Gasteiger partial charge is 0.398 e. The lowest BCUT2D eigenvalue weighted by atomic mass is 10.0. The predicted molar refractivity (Wildman–Crippen MR) is 115 cm³/mol. The second-order valence-corrected chi connectivity index (χ2v) is 8.22. The first-order valence-electron chi connectivity index (χ1n) is 9.34. The molecule has 2 heterocycles. The monoisotopic (exact) mass is 436 g/mol. The third-order valence-corrected chi connectivity index (χ3v) is 5.58. The Kier molecular flexibility index (Phi) is 7.69. The summed E-state index contributed by atoms with van der Waals surface area (Å²) in [5.41, 5.74) is 7.64. The minimum absolute atomic E-state index is 0.0381. The standard InChI is InChI=1S/C18H24N6O3S2/c19-15-12(4-5-14(25)20-6-7-24-8-10-27-11-9-24)2-1-3-13(15)16(26)21-17-22-23-18(28)29-17/h1-3H,4-11,19H2,(H,20,25)(H,23,28)(H,21,22,26). The maximum atomic E-state index is 12.5. The van der Waals surface area contributed by atoms with Gasteiger partial charge in [0.25, 0.3) is 5.91 Å². The molecule has 11 heteroatoms. The number of H-pyrrole nitrogens is 1. The maximum absolute atomic E-state index is 12.5. The van der Waals surface area contributed by atoms with Crippen molar-refractivity contribution in [1.82, 2.24) is 20.4 Å². The van der Waals surface area contributed by atoms with Gasteiger partial charge in [-0.1, -0.05) is 23.5 Å². The Labute approximate surface area is 177 Å². The van der Waals surface area contributed by atoms with Gasteiger partial charge in [-0.2, -0.15) is 0 Å². The number of benzene rings is 1. The highest BCUT2D eigenvalue weighted by Crippen LogP contribution is 2.21. The van der Waals surface area contributed by atoms with Crippen LogP contribution in [0.15, 0.2) is 18.2 Å². The van der Waals surface area contributed by atoms with Gasteiger partial charge < -0.3 is 15.8 Å². The summed E-state index contributed by atoms with van der Waals surface area (Å²) in [4.78, 5) is 26.9. The fraction of sp³-hybridized carbons (Fsp3) is 0.444. The van der Waals surface area contributed by atoms with Crippen LogP contribution in [0.3, 0.4) is 0 Å². The molecule has 1 saturated heterocycles. The molecule has 2 amide bonds. The van der Waals surface area contributed by atoms with E-state index in [0.29, 0.717) is 39.7 Å². The van der Waals surface area contributed by atoms with E-state index in [2.05, 4.69) is 25.7 Å². The van der Waals surface area contributed by atoms with Crippen LogP contribution in [0.4, 0.5) is 10.8 Å². The van der Waals surface area contributed by atoms with Gasteiger partial charge in [-0.25, -0.2) is 0 Å². The molecule has 156 valence electrons. The number of para-hydroxylation sites is 1. The molecule has 0 bridgehead atoms. The van der Waals surface area contributed by atoms with Crippen molar-refractivity contribution in [3.63, 3.8) is 0 Å². The topological polar surface area (TPSA) is 125 Å². The number of hydrogen-bond acceptors (Lipinski definition) is 8. The van der Waals surface area contributed by atoms with E-state index in [-0.39, 0.29) is 11.8 Å². The molecular formula is C18H24N6O3S2. The quantitative estimate of drug-likeness (QED) is 0.364. The highest BCUT2D eigenvalue weighted by Gasteiger charge is 2.15. The highest BCUT2D eigenvalue weighted by atomic mass is 32.1. The van der Waals surface area contributed by atoms with Gasteiger partial charge in [0.05, 0.1) is 18.8 Å². The zero-order valence-corrected chi connectivity index (χ0v) is 17.5. The molecule has 2 aromatic rings. The molecule has 1 fully saturated rings. The number of nitrogens with two attached hydrogens (primary N) is 1. The van der Waals surface area contributed by atoms with Crippen molar-refractivity contribution in [2.24, 2.45) is 0 Å². The van der Waals surface area contributed by atoms with Crippen LogP contribution in [0.25, 0.3) is 0 Å². The SMILES string of the molecule is Nc1c(CCC(=O)NCCN2CCOCC2)cccc1C(=O)Nc1n[nH]c(=S)s1. The van der Waals surface area contributed by atoms with Gasteiger partial charge in [0.2, 0.25) is 11.0 Å². The molecule has 29 heavy (non-hydrogen) atoms. The van der Waals surface area contributed by atoms with E-state index in [4.69, 9.17) is 22.7 Å². The zero-order chi connectivity index (χ0) is 20.6. The number of amides is 2. The summed E-state index contributed by atoms with van der Waals surface area (Å²) in [6, 6.07) is 5.22.